The van der Waals surface area contributed by atoms with E-state index in [0.29, 0.717) is 0 Å². The minimum absolute atomic E-state index is 0. The van der Waals surface area contributed by atoms with Crippen LogP contribution in [0.4, 0.5) is 0 Å². The van der Waals surface area contributed by atoms with Gasteiger partial charge in [-0.25, -0.2) is 0 Å². The molecule has 2 heterocycles. The Morgan fingerprint density at radius 3 is 2.31 bits per heavy atom. The molecule has 0 aliphatic carbocycles. The number of hydrogen-bond acceptors (Lipinski definition) is 4. The summed E-state index contributed by atoms with van der Waals surface area (Å²) in [6.07, 6.45) is 3.17. The minimum atomic E-state index is -0.125. The van der Waals surface area contributed by atoms with E-state index >= 15 is 0 Å². The third kappa shape index (κ3) is 6.46. The predicted octanol–water partition coefficient (Wildman–Crippen LogP) is 7.39. The average molecular weight is 621 g/mol. The maximum atomic E-state index is 10.0. The first kappa shape index (κ1) is 25.7. The number of fused-ring (bicyclic) bond motifs is 1. The van der Waals surface area contributed by atoms with Crippen molar-refractivity contribution in [2.75, 3.05) is 0 Å². The standard InChI is InChI=1S/C22H18NS.C5H8O2.Ir/c1-14-9-15(2)11-18(10-14)20-12-19-16(3)22(24-21(19)13-23-20)17-7-5-4-6-8-17;1-4(6)3-5(2)7;/h4-10,12-13H,1-3H3;3,6H,1-2H3;/q-1;;/b;4-3-;. The van der Waals surface area contributed by atoms with Gasteiger partial charge in [0.1, 0.15) is 0 Å². The van der Waals surface area contributed by atoms with Crippen molar-refractivity contribution in [3.63, 3.8) is 0 Å². The SMILES string of the molecule is CC(=O)/C=C(/C)O.Cc1[c-]c(-c2cc3c(C)c(-c4ccccc4)sc3cn2)cc(C)c1.[Ir]. The Morgan fingerprint density at radius 1 is 1.06 bits per heavy atom. The molecule has 1 radical (unpaired) electrons. The second-order valence-electron chi connectivity index (χ2n) is 7.64. The number of thiophene rings is 1. The molecule has 0 bridgehead atoms. The molecule has 0 spiro atoms. The van der Waals surface area contributed by atoms with E-state index in [1.165, 1.54) is 51.6 Å². The number of aryl methyl sites for hydroxylation is 3. The molecule has 0 aliphatic rings. The molecule has 4 rings (SSSR count). The number of ketones is 1. The van der Waals surface area contributed by atoms with Crippen LogP contribution in [-0.2, 0) is 24.9 Å². The Morgan fingerprint density at radius 2 is 1.75 bits per heavy atom. The number of benzene rings is 2. The van der Waals surface area contributed by atoms with E-state index in [0.717, 1.165) is 16.8 Å². The van der Waals surface area contributed by atoms with Gasteiger partial charge in [0.15, 0.2) is 5.78 Å². The largest absolute Gasteiger partial charge is 0.512 e. The molecule has 1 N–H and O–H groups in total. The molecule has 0 saturated carbocycles. The first-order valence-electron chi connectivity index (χ1n) is 10.1. The zero-order valence-electron chi connectivity index (χ0n) is 18.8. The van der Waals surface area contributed by atoms with Crippen molar-refractivity contribution >= 4 is 27.2 Å². The van der Waals surface area contributed by atoms with Gasteiger partial charge in [-0.3, -0.25) is 4.79 Å². The molecular formula is C27H26IrNO2S-. The second-order valence-corrected chi connectivity index (χ2v) is 8.69. The number of rotatable bonds is 3. The van der Waals surface area contributed by atoms with E-state index in [9.17, 15) is 4.79 Å². The number of carbonyl (C=O) groups excluding carboxylic acids is 1. The zero-order valence-corrected chi connectivity index (χ0v) is 22.0. The van der Waals surface area contributed by atoms with Crippen molar-refractivity contribution < 1.29 is 30.0 Å². The number of hydrogen-bond donors (Lipinski definition) is 1. The van der Waals surface area contributed by atoms with Gasteiger partial charge in [-0.2, -0.15) is 0 Å². The molecule has 0 unspecified atom stereocenters. The summed E-state index contributed by atoms with van der Waals surface area (Å²) in [5.41, 5.74) is 7.06. The van der Waals surface area contributed by atoms with E-state index < -0.39 is 0 Å². The van der Waals surface area contributed by atoms with Crippen molar-refractivity contribution in [3.8, 4) is 21.7 Å². The summed E-state index contributed by atoms with van der Waals surface area (Å²) in [6, 6.07) is 20.5. The molecule has 2 aromatic carbocycles. The third-order valence-electron chi connectivity index (χ3n) is 4.70. The van der Waals surface area contributed by atoms with Crippen molar-refractivity contribution in [3.05, 3.63) is 89.3 Å². The van der Waals surface area contributed by atoms with Crippen LogP contribution < -0.4 is 0 Å². The normalized spacial score (nSPS) is 10.8. The summed E-state index contributed by atoms with van der Waals surface area (Å²) in [7, 11) is 0. The van der Waals surface area contributed by atoms with Crippen LogP contribution in [0.2, 0.25) is 0 Å². The van der Waals surface area contributed by atoms with Gasteiger partial charge in [-0.1, -0.05) is 50.2 Å². The van der Waals surface area contributed by atoms with Crippen LogP contribution >= 0.6 is 11.3 Å². The van der Waals surface area contributed by atoms with Gasteiger partial charge < -0.3 is 10.1 Å². The number of nitrogens with zero attached hydrogens (tertiary/aromatic N) is 1. The summed E-state index contributed by atoms with van der Waals surface area (Å²) in [5.74, 6) is -0.0625. The molecule has 167 valence electrons. The maximum Gasteiger partial charge on any atom is 0.155 e. The van der Waals surface area contributed by atoms with E-state index in [1.807, 2.05) is 17.5 Å². The smallest absolute Gasteiger partial charge is 0.155 e. The molecule has 5 heteroatoms. The van der Waals surface area contributed by atoms with Gasteiger partial charge in [-0.05, 0) is 43.0 Å². The van der Waals surface area contributed by atoms with E-state index in [2.05, 4.69) is 80.4 Å². The van der Waals surface area contributed by atoms with Crippen molar-refractivity contribution in [1.29, 1.82) is 0 Å². The van der Waals surface area contributed by atoms with Crippen LogP contribution in [0.25, 0.3) is 31.8 Å². The first-order valence-corrected chi connectivity index (χ1v) is 10.9. The fourth-order valence-electron chi connectivity index (χ4n) is 3.47. The summed E-state index contributed by atoms with van der Waals surface area (Å²) in [5, 5.41) is 9.65. The number of aliphatic hydroxyl groups is 1. The Hall–Kier alpha value is -2.59. The molecule has 4 aromatic rings. The fraction of sp³-hybridized carbons (Fsp3) is 0.185. The van der Waals surface area contributed by atoms with Gasteiger partial charge in [0.25, 0.3) is 0 Å². The van der Waals surface area contributed by atoms with Crippen LogP contribution in [0.3, 0.4) is 0 Å². The van der Waals surface area contributed by atoms with E-state index in [-0.39, 0.29) is 31.6 Å². The van der Waals surface area contributed by atoms with Crippen LogP contribution in [0, 0.1) is 26.8 Å². The number of aliphatic hydroxyl groups excluding tert-OH is 1. The number of aromatic nitrogens is 1. The summed E-state index contributed by atoms with van der Waals surface area (Å²) in [6.45, 7) is 9.25. The molecule has 32 heavy (non-hydrogen) atoms. The molecule has 0 atom stereocenters. The van der Waals surface area contributed by atoms with Crippen LogP contribution in [0.15, 0.2) is 66.6 Å². The molecular weight excluding hydrogens is 595 g/mol. The van der Waals surface area contributed by atoms with Crippen LogP contribution in [0.5, 0.6) is 0 Å². The zero-order chi connectivity index (χ0) is 22.5. The van der Waals surface area contributed by atoms with Crippen molar-refractivity contribution in [1.82, 2.24) is 4.98 Å². The fourth-order valence-corrected chi connectivity index (χ4v) is 4.63. The quantitative estimate of drug-likeness (QED) is 0.148. The Bertz CT molecular complexity index is 1240. The Kier molecular flexibility index (Phi) is 9.09. The van der Waals surface area contributed by atoms with E-state index in [4.69, 9.17) is 5.11 Å². The average Bonchev–Trinajstić information content (AvgIpc) is 3.03. The predicted molar refractivity (Wildman–Crippen MR) is 131 cm³/mol. The van der Waals surface area contributed by atoms with Crippen molar-refractivity contribution in [2.45, 2.75) is 34.6 Å². The Balaban J connectivity index is 0.000000398. The van der Waals surface area contributed by atoms with Gasteiger partial charge in [-0.15, -0.1) is 46.2 Å². The van der Waals surface area contributed by atoms with Gasteiger partial charge >= 0.3 is 0 Å². The minimum Gasteiger partial charge on any atom is -0.512 e. The molecule has 0 saturated heterocycles. The van der Waals surface area contributed by atoms with Crippen LogP contribution in [-0.4, -0.2) is 15.9 Å². The molecule has 0 amide bonds. The first-order chi connectivity index (χ1) is 14.7. The number of pyridine rings is 1. The summed E-state index contributed by atoms with van der Waals surface area (Å²) in [4.78, 5) is 16.0. The maximum absolute atomic E-state index is 10.0. The Labute approximate surface area is 207 Å². The number of carbonyl (C=O) groups is 1. The van der Waals surface area contributed by atoms with Crippen LogP contribution in [0.1, 0.15) is 30.5 Å². The summed E-state index contributed by atoms with van der Waals surface area (Å²) >= 11 is 1.81. The monoisotopic (exact) mass is 621 g/mol. The molecule has 3 nitrogen and oxygen atoms in total. The third-order valence-corrected chi connectivity index (χ3v) is 5.99. The molecule has 2 aromatic heterocycles. The van der Waals surface area contributed by atoms with Gasteiger partial charge in [0.2, 0.25) is 0 Å². The van der Waals surface area contributed by atoms with E-state index in [1.54, 1.807) is 0 Å². The molecule has 0 aliphatic heterocycles. The number of allylic oxidation sites excluding steroid dienone is 2. The van der Waals surface area contributed by atoms with Crippen molar-refractivity contribution in [2.24, 2.45) is 0 Å². The topological polar surface area (TPSA) is 50.2 Å². The molecule has 0 fully saturated rings. The second kappa shape index (κ2) is 11.3. The van der Waals surface area contributed by atoms with Gasteiger partial charge in [0.05, 0.1) is 10.5 Å². The van der Waals surface area contributed by atoms with Gasteiger partial charge in [0, 0.05) is 37.3 Å². The summed E-state index contributed by atoms with van der Waals surface area (Å²) < 4.78 is 1.24.